The van der Waals surface area contributed by atoms with Crippen LogP contribution >= 0.6 is 0 Å². The van der Waals surface area contributed by atoms with Gasteiger partial charge in [-0.2, -0.15) is 5.01 Å². The molecule has 0 bridgehead atoms. The fourth-order valence-corrected chi connectivity index (χ4v) is 3.49. The minimum atomic E-state index is -0.915. The Hall–Kier alpha value is -3.20. The molecule has 0 fully saturated rings. The summed E-state index contributed by atoms with van der Waals surface area (Å²) in [6, 6.07) is 5.58. The van der Waals surface area contributed by atoms with E-state index < -0.39 is 28.8 Å². The van der Waals surface area contributed by atoms with Crippen LogP contribution in [0.3, 0.4) is 0 Å². The Morgan fingerprint density at radius 1 is 1.21 bits per heavy atom. The van der Waals surface area contributed by atoms with Crippen LogP contribution in [0.5, 0.6) is 5.75 Å². The number of aromatic nitrogens is 1. The molecule has 0 spiro atoms. The van der Waals surface area contributed by atoms with E-state index in [2.05, 4.69) is 5.32 Å². The zero-order chi connectivity index (χ0) is 21.5. The van der Waals surface area contributed by atoms with Crippen LogP contribution in [-0.4, -0.2) is 45.6 Å². The number of carbonyl (C=O) groups excluding carboxylic acids is 2. The Kier molecular flexibility index (Phi) is 5.43. The maximum Gasteiger partial charge on any atom is 0.288 e. The number of rotatable bonds is 4. The number of carbonyl (C=O) groups is 2. The predicted molar refractivity (Wildman–Crippen MR) is 104 cm³/mol. The van der Waals surface area contributed by atoms with Crippen LogP contribution < -0.4 is 10.7 Å². The van der Waals surface area contributed by atoms with Gasteiger partial charge in [-0.05, 0) is 23.6 Å². The third-order valence-corrected chi connectivity index (χ3v) is 5.06. The average molecular weight is 402 g/mol. The van der Waals surface area contributed by atoms with Gasteiger partial charge in [-0.15, -0.1) is 0 Å². The second-order valence-corrected chi connectivity index (χ2v) is 7.35. The highest BCUT2D eigenvalue weighted by Crippen LogP contribution is 2.32. The van der Waals surface area contributed by atoms with E-state index in [0.717, 1.165) is 0 Å². The molecule has 1 unspecified atom stereocenters. The summed E-state index contributed by atoms with van der Waals surface area (Å²) < 4.78 is 14.5. The van der Waals surface area contributed by atoms with Crippen molar-refractivity contribution in [3.05, 3.63) is 63.3 Å². The first-order valence-electron chi connectivity index (χ1n) is 9.15. The van der Waals surface area contributed by atoms with Gasteiger partial charge in [-0.3, -0.25) is 19.4 Å². The molecule has 2 amide bonds. The highest BCUT2D eigenvalue weighted by Gasteiger charge is 2.38. The normalized spacial score (nSPS) is 16.8. The maximum atomic E-state index is 13.0. The minimum absolute atomic E-state index is 0.00586. The number of amides is 2. The molecule has 0 aliphatic carbocycles. The molecule has 1 aliphatic rings. The van der Waals surface area contributed by atoms with Gasteiger partial charge in [-0.25, -0.2) is 4.39 Å². The van der Waals surface area contributed by atoms with Crippen molar-refractivity contribution in [2.24, 2.45) is 5.92 Å². The van der Waals surface area contributed by atoms with Crippen molar-refractivity contribution in [2.45, 2.75) is 26.6 Å². The number of hydrazine groups is 1. The largest absolute Gasteiger partial charge is 0.503 e. The fourth-order valence-electron chi connectivity index (χ4n) is 3.49. The Morgan fingerprint density at radius 2 is 1.83 bits per heavy atom. The zero-order valence-electron chi connectivity index (χ0n) is 16.6. The summed E-state index contributed by atoms with van der Waals surface area (Å²) in [4.78, 5) is 37.8. The highest BCUT2D eigenvalue weighted by atomic mass is 19.1. The van der Waals surface area contributed by atoms with E-state index in [1.165, 1.54) is 40.0 Å². The van der Waals surface area contributed by atoms with Gasteiger partial charge in [0.1, 0.15) is 17.5 Å². The first-order valence-corrected chi connectivity index (χ1v) is 9.15. The standard InChI is InChI=1S/C20H23FN4O4/c1-11(2)19-23(3)24(4)20(29)15-17(27)16(26)14(10-25(15)19)18(28)22-9-12-5-7-13(21)8-6-12/h5-8,10-11,19,27H,9H2,1-4H3,(H,22,28). The van der Waals surface area contributed by atoms with Crippen molar-refractivity contribution in [2.75, 3.05) is 14.1 Å². The zero-order valence-corrected chi connectivity index (χ0v) is 16.6. The number of benzene rings is 1. The molecule has 1 aromatic carbocycles. The molecule has 1 atom stereocenters. The first kappa shape index (κ1) is 20.5. The maximum absolute atomic E-state index is 13.0. The Bertz CT molecular complexity index is 1020. The van der Waals surface area contributed by atoms with Crippen LogP contribution in [0.2, 0.25) is 0 Å². The lowest BCUT2D eigenvalue weighted by Crippen LogP contribution is -2.53. The Labute approximate surface area is 167 Å². The molecular formula is C20H23FN4O4. The summed E-state index contributed by atoms with van der Waals surface area (Å²) >= 11 is 0. The van der Waals surface area contributed by atoms with E-state index in [-0.39, 0.29) is 29.9 Å². The van der Waals surface area contributed by atoms with Gasteiger partial charge in [0.15, 0.2) is 11.4 Å². The van der Waals surface area contributed by atoms with Crippen LogP contribution in [0.25, 0.3) is 0 Å². The quantitative estimate of drug-likeness (QED) is 0.812. The smallest absolute Gasteiger partial charge is 0.288 e. The number of nitrogens with one attached hydrogen (secondary N) is 1. The molecule has 1 aliphatic heterocycles. The van der Waals surface area contributed by atoms with E-state index in [9.17, 15) is 23.9 Å². The molecule has 154 valence electrons. The van der Waals surface area contributed by atoms with E-state index in [0.29, 0.717) is 5.56 Å². The van der Waals surface area contributed by atoms with Crippen molar-refractivity contribution >= 4 is 11.8 Å². The summed E-state index contributed by atoms with van der Waals surface area (Å²) in [6.07, 6.45) is 0.923. The molecule has 2 N–H and O–H groups in total. The van der Waals surface area contributed by atoms with Crippen LogP contribution in [0.15, 0.2) is 35.3 Å². The monoisotopic (exact) mass is 402 g/mol. The molecule has 0 saturated carbocycles. The number of hydrogen-bond acceptors (Lipinski definition) is 5. The lowest BCUT2D eigenvalue weighted by atomic mass is 10.1. The van der Waals surface area contributed by atoms with Gasteiger partial charge in [0.05, 0.1) is 0 Å². The van der Waals surface area contributed by atoms with Crippen LogP contribution in [0, 0.1) is 11.7 Å². The van der Waals surface area contributed by atoms with Gasteiger partial charge >= 0.3 is 0 Å². The van der Waals surface area contributed by atoms with Crippen molar-refractivity contribution in [1.82, 2.24) is 19.9 Å². The van der Waals surface area contributed by atoms with Crippen molar-refractivity contribution in [3.63, 3.8) is 0 Å². The summed E-state index contributed by atoms with van der Waals surface area (Å²) in [5, 5.41) is 16.0. The number of fused-ring (bicyclic) bond motifs is 1. The minimum Gasteiger partial charge on any atom is -0.503 e. The van der Waals surface area contributed by atoms with Gasteiger partial charge < -0.3 is 15.0 Å². The number of nitrogens with zero attached hydrogens (tertiary/aromatic N) is 3. The summed E-state index contributed by atoms with van der Waals surface area (Å²) in [6.45, 7) is 3.94. The molecule has 2 heterocycles. The fraction of sp³-hybridized carbons (Fsp3) is 0.350. The summed E-state index contributed by atoms with van der Waals surface area (Å²) in [5.74, 6) is -2.38. The van der Waals surface area contributed by atoms with E-state index in [1.54, 1.807) is 19.1 Å². The van der Waals surface area contributed by atoms with Crippen LogP contribution in [0.4, 0.5) is 4.39 Å². The molecule has 1 aromatic heterocycles. The van der Waals surface area contributed by atoms with Gasteiger partial charge in [-0.1, -0.05) is 26.0 Å². The second kappa shape index (κ2) is 7.67. The summed E-state index contributed by atoms with van der Waals surface area (Å²) in [7, 11) is 3.27. The average Bonchev–Trinajstić information content (AvgIpc) is 2.67. The van der Waals surface area contributed by atoms with Crippen LogP contribution in [0.1, 0.15) is 46.4 Å². The van der Waals surface area contributed by atoms with Gasteiger partial charge in [0.2, 0.25) is 5.43 Å². The molecule has 3 rings (SSSR count). The molecule has 2 aromatic rings. The number of pyridine rings is 1. The molecule has 29 heavy (non-hydrogen) atoms. The summed E-state index contributed by atoms with van der Waals surface area (Å²) in [5.41, 5.74) is -0.686. The topological polar surface area (TPSA) is 94.9 Å². The third kappa shape index (κ3) is 3.61. The van der Waals surface area contributed by atoms with Gasteiger partial charge in [0, 0.05) is 26.8 Å². The number of aromatic hydroxyl groups is 1. The predicted octanol–water partition coefficient (Wildman–Crippen LogP) is 1.71. The van der Waals surface area contributed by atoms with Crippen molar-refractivity contribution < 1.29 is 19.1 Å². The number of halogens is 1. The highest BCUT2D eigenvalue weighted by molar-refractivity contribution is 5.98. The Morgan fingerprint density at radius 3 is 2.41 bits per heavy atom. The first-order chi connectivity index (χ1) is 13.6. The SMILES string of the molecule is CC(C)C1N(C)N(C)C(=O)c2c(O)c(=O)c(C(=O)NCc3ccc(F)cc3)cn21. The second-order valence-electron chi connectivity index (χ2n) is 7.35. The Balaban J connectivity index is 2.00. The van der Waals surface area contributed by atoms with Crippen LogP contribution in [-0.2, 0) is 6.54 Å². The van der Waals surface area contributed by atoms with E-state index in [4.69, 9.17) is 0 Å². The van der Waals surface area contributed by atoms with E-state index in [1.807, 2.05) is 13.8 Å². The van der Waals surface area contributed by atoms with Crippen molar-refractivity contribution in [3.8, 4) is 5.75 Å². The number of hydrogen-bond donors (Lipinski definition) is 2. The lowest BCUT2D eigenvalue weighted by molar-refractivity contribution is -0.0588. The molecular weight excluding hydrogens is 379 g/mol. The van der Waals surface area contributed by atoms with E-state index >= 15 is 0 Å². The lowest BCUT2D eigenvalue weighted by Gasteiger charge is -2.44. The van der Waals surface area contributed by atoms with Crippen molar-refractivity contribution in [1.29, 1.82) is 0 Å². The third-order valence-electron chi connectivity index (χ3n) is 5.06. The van der Waals surface area contributed by atoms with Gasteiger partial charge in [0.25, 0.3) is 11.8 Å². The molecule has 0 radical (unpaired) electrons. The molecule has 9 heteroatoms. The molecule has 0 saturated heterocycles. The molecule has 8 nitrogen and oxygen atoms in total.